The van der Waals surface area contributed by atoms with Gasteiger partial charge in [0.2, 0.25) is 0 Å². The largest absolute Gasteiger partial charge is 0.354 e. The summed E-state index contributed by atoms with van der Waals surface area (Å²) in [6, 6.07) is 5.73. The molecular weight excluding hydrogens is 226 g/mol. The number of likely N-dealkylation sites (N-methyl/N-ethyl adjacent to an activating group) is 1. The van der Waals surface area contributed by atoms with Crippen LogP contribution < -0.4 is 5.32 Å². The van der Waals surface area contributed by atoms with E-state index in [1.165, 1.54) is 19.4 Å². The fraction of sp³-hybridized carbons (Fsp3) is 0.571. The van der Waals surface area contributed by atoms with Crippen LogP contribution in [0.1, 0.15) is 41.9 Å². The molecule has 0 aliphatic carbocycles. The molecule has 0 aromatic carbocycles. The highest BCUT2D eigenvalue weighted by atomic mass is 16.1. The number of rotatable bonds is 3. The number of carbonyl (C=O) groups is 1. The number of nitrogens with one attached hydrogen (secondary N) is 1. The predicted molar refractivity (Wildman–Crippen MR) is 71.7 cm³/mol. The van der Waals surface area contributed by atoms with Gasteiger partial charge in [0.25, 0.3) is 5.91 Å². The third-order valence-corrected chi connectivity index (χ3v) is 3.60. The first kappa shape index (κ1) is 13.0. The van der Waals surface area contributed by atoms with Crippen LogP contribution in [0.4, 0.5) is 0 Å². The quantitative estimate of drug-likeness (QED) is 0.883. The van der Waals surface area contributed by atoms with Crippen molar-refractivity contribution in [1.82, 2.24) is 15.2 Å². The number of amides is 1. The molecule has 4 heteroatoms. The Labute approximate surface area is 108 Å². The van der Waals surface area contributed by atoms with E-state index in [0.717, 1.165) is 18.8 Å². The molecule has 0 spiro atoms. The molecule has 1 aromatic rings. The maximum absolute atomic E-state index is 11.6. The van der Waals surface area contributed by atoms with Crippen LogP contribution in [0.5, 0.6) is 0 Å². The Morgan fingerprint density at radius 1 is 1.56 bits per heavy atom. The van der Waals surface area contributed by atoms with Gasteiger partial charge in [0.15, 0.2) is 0 Å². The highest BCUT2D eigenvalue weighted by molar-refractivity contribution is 5.91. The van der Waals surface area contributed by atoms with E-state index in [1.54, 1.807) is 13.1 Å². The van der Waals surface area contributed by atoms with Crippen molar-refractivity contribution in [2.24, 2.45) is 0 Å². The molecule has 1 aromatic heterocycles. The summed E-state index contributed by atoms with van der Waals surface area (Å²) in [6.07, 6.45) is 2.38. The Hall–Kier alpha value is -1.42. The van der Waals surface area contributed by atoms with Crippen LogP contribution in [0.2, 0.25) is 0 Å². The lowest BCUT2D eigenvalue weighted by Gasteiger charge is -2.31. The summed E-state index contributed by atoms with van der Waals surface area (Å²) in [6.45, 7) is 5.52. The Balaban J connectivity index is 2.15. The average Bonchev–Trinajstić information content (AvgIpc) is 2.46. The zero-order valence-electron chi connectivity index (χ0n) is 11.1. The monoisotopic (exact) mass is 247 g/mol. The molecule has 1 aliphatic rings. The first-order chi connectivity index (χ1) is 8.74. The third kappa shape index (κ3) is 2.88. The Kier molecular flexibility index (Phi) is 4.31. The summed E-state index contributed by atoms with van der Waals surface area (Å²) in [4.78, 5) is 18.5. The number of likely N-dealkylation sites (tertiary alicyclic amines) is 1. The first-order valence-corrected chi connectivity index (χ1v) is 6.66. The topological polar surface area (TPSA) is 45.2 Å². The maximum Gasteiger partial charge on any atom is 0.269 e. The summed E-state index contributed by atoms with van der Waals surface area (Å²) in [5.74, 6) is 0.350. The maximum atomic E-state index is 11.6. The molecule has 2 heterocycles. The van der Waals surface area contributed by atoms with E-state index in [9.17, 15) is 4.79 Å². The number of hydrogen-bond acceptors (Lipinski definition) is 3. The van der Waals surface area contributed by atoms with Crippen LogP contribution >= 0.6 is 0 Å². The van der Waals surface area contributed by atoms with Gasteiger partial charge in [0, 0.05) is 25.2 Å². The minimum Gasteiger partial charge on any atom is -0.354 e. The number of hydrogen-bond donors (Lipinski definition) is 1. The van der Waals surface area contributed by atoms with Crippen molar-refractivity contribution in [3.8, 4) is 0 Å². The van der Waals surface area contributed by atoms with E-state index in [2.05, 4.69) is 22.1 Å². The Morgan fingerprint density at radius 3 is 3.11 bits per heavy atom. The molecule has 98 valence electrons. The van der Waals surface area contributed by atoms with E-state index in [1.807, 2.05) is 12.1 Å². The zero-order valence-corrected chi connectivity index (χ0v) is 11.1. The molecule has 1 aliphatic heterocycles. The van der Waals surface area contributed by atoms with E-state index in [0.29, 0.717) is 11.6 Å². The molecule has 1 fully saturated rings. The SMILES string of the molecule is CCN1CCCC(c2cccc(C(=O)NC)n2)C1. The molecule has 1 atom stereocenters. The standard InChI is InChI=1S/C14H21N3O/c1-3-17-9-5-6-11(10-17)12-7-4-8-13(16-12)14(18)15-2/h4,7-8,11H,3,5-6,9-10H2,1-2H3,(H,15,18). The second-order valence-electron chi connectivity index (χ2n) is 4.76. The molecule has 2 rings (SSSR count). The molecule has 0 radical (unpaired) electrons. The van der Waals surface area contributed by atoms with Crippen LogP contribution in [0.3, 0.4) is 0 Å². The number of aromatic nitrogens is 1. The molecule has 1 unspecified atom stereocenters. The van der Waals surface area contributed by atoms with Gasteiger partial charge in [-0.2, -0.15) is 0 Å². The van der Waals surface area contributed by atoms with Gasteiger partial charge in [-0.25, -0.2) is 4.98 Å². The van der Waals surface area contributed by atoms with Crippen LogP contribution in [0, 0.1) is 0 Å². The molecule has 0 bridgehead atoms. The number of carbonyl (C=O) groups excluding carboxylic acids is 1. The van der Waals surface area contributed by atoms with Crippen LogP contribution in [-0.4, -0.2) is 42.5 Å². The van der Waals surface area contributed by atoms with Crippen molar-refractivity contribution in [3.63, 3.8) is 0 Å². The molecule has 4 nitrogen and oxygen atoms in total. The van der Waals surface area contributed by atoms with Crippen LogP contribution in [0.25, 0.3) is 0 Å². The lowest BCUT2D eigenvalue weighted by molar-refractivity contribution is 0.0957. The van der Waals surface area contributed by atoms with Gasteiger partial charge in [-0.3, -0.25) is 4.79 Å². The van der Waals surface area contributed by atoms with E-state index >= 15 is 0 Å². The van der Waals surface area contributed by atoms with Crippen molar-refractivity contribution < 1.29 is 4.79 Å². The molecular formula is C14H21N3O. The zero-order chi connectivity index (χ0) is 13.0. The molecule has 18 heavy (non-hydrogen) atoms. The van der Waals surface area contributed by atoms with Gasteiger partial charge in [0.05, 0.1) is 0 Å². The summed E-state index contributed by atoms with van der Waals surface area (Å²) < 4.78 is 0. The highest BCUT2D eigenvalue weighted by Gasteiger charge is 2.21. The molecule has 0 saturated carbocycles. The molecule has 1 amide bonds. The highest BCUT2D eigenvalue weighted by Crippen LogP contribution is 2.25. The first-order valence-electron chi connectivity index (χ1n) is 6.66. The predicted octanol–water partition coefficient (Wildman–Crippen LogP) is 1.64. The number of nitrogens with zero attached hydrogens (tertiary/aromatic N) is 2. The van der Waals surface area contributed by atoms with Crippen molar-refractivity contribution in [1.29, 1.82) is 0 Å². The van der Waals surface area contributed by atoms with Crippen molar-refractivity contribution in [3.05, 3.63) is 29.6 Å². The van der Waals surface area contributed by atoms with Crippen molar-refractivity contribution in [2.75, 3.05) is 26.7 Å². The van der Waals surface area contributed by atoms with Gasteiger partial charge in [-0.05, 0) is 38.1 Å². The second kappa shape index (κ2) is 5.96. The summed E-state index contributed by atoms with van der Waals surface area (Å²) in [7, 11) is 1.64. The summed E-state index contributed by atoms with van der Waals surface area (Å²) in [5, 5.41) is 2.62. The lowest BCUT2D eigenvalue weighted by atomic mass is 9.94. The van der Waals surface area contributed by atoms with Gasteiger partial charge in [0.1, 0.15) is 5.69 Å². The second-order valence-corrected chi connectivity index (χ2v) is 4.76. The molecule has 1 N–H and O–H groups in total. The normalized spacial score (nSPS) is 20.7. The van der Waals surface area contributed by atoms with Crippen molar-refractivity contribution in [2.45, 2.75) is 25.7 Å². The van der Waals surface area contributed by atoms with Crippen molar-refractivity contribution >= 4 is 5.91 Å². The summed E-state index contributed by atoms with van der Waals surface area (Å²) >= 11 is 0. The van der Waals surface area contributed by atoms with Crippen LogP contribution in [-0.2, 0) is 0 Å². The smallest absolute Gasteiger partial charge is 0.269 e. The average molecular weight is 247 g/mol. The number of piperidine rings is 1. The Morgan fingerprint density at radius 2 is 2.39 bits per heavy atom. The summed E-state index contributed by atoms with van der Waals surface area (Å²) in [5.41, 5.74) is 1.57. The third-order valence-electron chi connectivity index (χ3n) is 3.60. The Bertz CT molecular complexity index is 419. The van der Waals surface area contributed by atoms with Crippen LogP contribution in [0.15, 0.2) is 18.2 Å². The van der Waals surface area contributed by atoms with Gasteiger partial charge in [-0.1, -0.05) is 13.0 Å². The van der Waals surface area contributed by atoms with E-state index in [4.69, 9.17) is 0 Å². The van der Waals surface area contributed by atoms with Gasteiger partial charge < -0.3 is 10.2 Å². The van der Waals surface area contributed by atoms with E-state index in [-0.39, 0.29) is 5.91 Å². The fourth-order valence-corrected chi connectivity index (χ4v) is 2.52. The van der Waals surface area contributed by atoms with Gasteiger partial charge in [-0.15, -0.1) is 0 Å². The fourth-order valence-electron chi connectivity index (χ4n) is 2.52. The lowest BCUT2D eigenvalue weighted by Crippen LogP contribution is -2.34. The minimum absolute atomic E-state index is 0.111. The van der Waals surface area contributed by atoms with Gasteiger partial charge >= 0.3 is 0 Å². The van der Waals surface area contributed by atoms with E-state index < -0.39 is 0 Å². The molecule has 1 saturated heterocycles. The number of pyridine rings is 1. The minimum atomic E-state index is -0.111.